The number of methoxy groups -OCH3 is 2. The number of aromatic nitrogens is 4. The first kappa shape index (κ1) is 48.2. The van der Waals surface area contributed by atoms with E-state index in [1.54, 1.807) is 0 Å². The number of carbonyl (C=O) groups is 4. The molecule has 14 nitrogen and oxygen atoms in total. The van der Waals surface area contributed by atoms with Gasteiger partial charge in [0.05, 0.1) is 50.1 Å². The molecule has 4 fully saturated rings. The number of benzene rings is 3. The van der Waals surface area contributed by atoms with E-state index in [1.807, 2.05) is 56.8 Å². The number of H-pyrrole nitrogens is 2. The van der Waals surface area contributed by atoms with E-state index in [-0.39, 0.29) is 53.2 Å². The number of hydrogen-bond acceptors (Lipinski definition) is 8. The molecule has 5 aliphatic rings. The molecule has 14 heteroatoms. The van der Waals surface area contributed by atoms with Crippen LogP contribution in [0, 0.1) is 17.8 Å². The average molecular weight is 963 g/mol. The van der Waals surface area contributed by atoms with Gasteiger partial charge in [-0.25, -0.2) is 19.6 Å². The molecule has 10 rings (SSSR count). The maximum absolute atomic E-state index is 14.1. The molecule has 4 N–H and O–H groups in total. The molecule has 4 aliphatic carbocycles. The average Bonchev–Trinajstić information content (AvgIpc) is 3.93. The lowest BCUT2D eigenvalue weighted by molar-refractivity contribution is -0.138. The van der Waals surface area contributed by atoms with Crippen molar-refractivity contribution in [3.8, 4) is 44.8 Å². The van der Waals surface area contributed by atoms with Crippen molar-refractivity contribution in [2.75, 3.05) is 14.2 Å². The molecular formula is C57H70N8O6. The second kappa shape index (κ2) is 19.6. The third-order valence-corrected chi connectivity index (χ3v) is 17.0. The van der Waals surface area contributed by atoms with Crippen LogP contribution in [0.3, 0.4) is 0 Å². The molecule has 2 aromatic heterocycles. The van der Waals surface area contributed by atoms with Gasteiger partial charge in [0.1, 0.15) is 23.7 Å². The molecule has 4 unspecified atom stereocenters. The lowest BCUT2D eigenvalue weighted by Gasteiger charge is -2.33. The van der Waals surface area contributed by atoms with E-state index >= 15 is 0 Å². The highest BCUT2D eigenvalue weighted by Crippen LogP contribution is 2.56. The molecule has 4 amide bonds. The number of hydrogen-bond donors (Lipinski definition) is 4. The predicted molar refractivity (Wildman–Crippen MR) is 273 cm³/mol. The fourth-order valence-corrected chi connectivity index (χ4v) is 12.3. The van der Waals surface area contributed by atoms with Crippen LogP contribution in [-0.4, -0.2) is 92.1 Å². The molecule has 71 heavy (non-hydrogen) atoms. The Balaban J connectivity index is 0.873. The summed E-state index contributed by atoms with van der Waals surface area (Å²) in [5, 5.41) is 5.63. The summed E-state index contributed by atoms with van der Waals surface area (Å²) in [6, 6.07) is 20.8. The zero-order valence-electron chi connectivity index (χ0n) is 42.3. The van der Waals surface area contributed by atoms with Crippen molar-refractivity contribution in [1.82, 2.24) is 40.4 Å². The fourth-order valence-electron chi connectivity index (χ4n) is 12.3. The van der Waals surface area contributed by atoms with Crippen molar-refractivity contribution in [2.45, 2.75) is 153 Å². The van der Waals surface area contributed by atoms with Gasteiger partial charge in [-0.3, -0.25) is 9.59 Å². The topological polar surface area (TPSA) is 175 Å². The van der Waals surface area contributed by atoms with Crippen LogP contribution in [-0.2, 0) is 30.9 Å². The van der Waals surface area contributed by atoms with Gasteiger partial charge in [0, 0.05) is 12.1 Å². The summed E-state index contributed by atoms with van der Waals surface area (Å²) in [6.07, 6.45) is 14.9. The number of nitrogens with zero attached hydrogens (tertiary/aromatic N) is 4. The number of likely N-dealkylation sites (tertiary alicyclic amines) is 1. The molecule has 0 radical (unpaired) electrons. The monoisotopic (exact) mass is 963 g/mol. The van der Waals surface area contributed by atoms with E-state index < -0.39 is 24.3 Å². The van der Waals surface area contributed by atoms with Crippen LogP contribution in [0.5, 0.6) is 0 Å². The van der Waals surface area contributed by atoms with Crippen LogP contribution in [0.25, 0.3) is 44.8 Å². The number of rotatable bonds is 16. The summed E-state index contributed by atoms with van der Waals surface area (Å²) in [6.45, 7) is 10.0. The Hall–Kier alpha value is -6.44. The van der Waals surface area contributed by atoms with Gasteiger partial charge in [-0.05, 0) is 126 Å². The number of imidazole rings is 2. The zero-order chi connectivity index (χ0) is 49.7. The SMILES string of the molecule is CCC(C)[C@H](NC(=O)OC)C(=O)N(C1CC1)[C@@H](C)c1ncc(-c2ccc(-c3ccc(-c4ccc(-c5cnc([C@@H]6CC7CC7N6C(=O)[C@@H](NC(=O)OC)C(C)CC)[nH]5)cc4)c4c3CCC43CCCC3)cc2)[nH]1. The molecule has 3 aromatic carbocycles. The van der Waals surface area contributed by atoms with Crippen LogP contribution < -0.4 is 10.6 Å². The Kier molecular flexibility index (Phi) is 13.3. The van der Waals surface area contributed by atoms with Crippen molar-refractivity contribution >= 4 is 24.0 Å². The number of carbonyl (C=O) groups excluding carboxylic acids is 4. The molecular weight excluding hydrogens is 893 g/mol. The third kappa shape index (κ3) is 9.11. The molecule has 1 spiro atoms. The minimum atomic E-state index is -0.686. The summed E-state index contributed by atoms with van der Waals surface area (Å²) >= 11 is 0. The second-order valence-corrected chi connectivity index (χ2v) is 21.2. The number of piperidine rings is 1. The van der Waals surface area contributed by atoms with E-state index in [0.717, 1.165) is 73.3 Å². The summed E-state index contributed by atoms with van der Waals surface area (Å²) < 4.78 is 9.77. The van der Waals surface area contributed by atoms with Crippen molar-refractivity contribution in [1.29, 1.82) is 0 Å². The molecule has 3 heterocycles. The van der Waals surface area contributed by atoms with Gasteiger partial charge in [-0.2, -0.15) is 0 Å². The zero-order valence-corrected chi connectivity index (χ0v) is 42.3. The summed E-state index contributed by atoms with van der Waals surface area (Å²) in [7, 11) is 2.64. The lowest BCUT2D eigenvalue weighted by Crippen LogP contribution is -2.53. The molecule has 1 aliphatic heterocycles. The van der Waals surface area contributed by atoms with E-state index in [4.69, 9.17) is 19.4 Å². The minimum absolute atomic E-state index is 0.0452. The van der Waals surface area contributed by atoms with Crippen molar-refractivity contribution in [3.05, 3.63) is 95.8 Å². The molecule has 374 valence electrons. The molecule has 3 saturated carbocycles. The lowest BCUT2D eigenvalue weighted by atomic mass is 9.76. The largest absolute Gasteiger partial charge is 0.453 e. The number of fused-ring (bicyclic) bond motifs is 3. The van der Waals surface area contributed by atoms with Crippen LogP contribution in [0.1, 0.15) is 140 Å². The minimum Gasteiger partial charge on any atom is -0.453 e. The van der Waals surface area contributed by atoms with Crippen LogP contribution in [0.2, 0.25) is 0 Å². The highest BCUT2D eigenvalue weighted by atomic mass is 16.5. The number of ether oxygens (including phenoxy) is 2. The van der Waals surface area contributed by atoms with Gasteiger partial charge < -0.3 is 39.9 Å². The summed E-state index contributed by atoms with van der Waals surface area (Å²) in [5.74, 6) is 1.66. The number of alkyl carbamates (subject to hydrolysis) is 2. The van der Waals surface area contributed by atoms with Crippen LogP contribution in [0.15, 0.2) is 73.1 Å². The maximum Gasteiger partial charge on any atom is 0.407 e. The smallest absolute Gasteiger partial charge is 0.407 e. The summed E-state index contributed by atoms with van der Waals surface area (Å²) in [4.78, 5) is 73.5. The predicted octanol–water partition coefficient (Wildman–Crippen LogP) is 10.8. The van der Waals surface area contributed by atoms with Crippen molar-refractivity contribution in [3.63, 3.8) is 0 Å². The molecule has 8 atom stereocenters. The highest BCUT2D eigenvalue weighted by molar-refractivity contribution is 5.88. The number of aromatic amines is 2. The Morgan fingerprint density at radius 2 is 1.30 bits per heavy atom. The first-order valence-corrected chi connectivity index (χ1v) is 26.2. The van der Waals surface area contributed by atoms with Gasteiger partial charge in [0.15, 0.2) is 0 Å². The standard InChI is InChI=1S/C57H70N8O6/c1-8-32(3)49(62-55(68)70-6)53(66)64(40-20-21-40)34(5)51-58-30-44(60-51)37-16-12-35(13-17-37)41-22-23-42(48-43(41)24-27-57(48)25-10-11-26-57)36-14-18-38(19-15-36)45-31-59-52(61-45)47-29-39-28-46(39)65(47)54(67)50(33(4)9-2)63-56(69)71-7/h12-19,22-23,30-34,39-40,46-47,49-50H,8-11,20-21,24-29H2,1-7H3,(H,58,60)(H,59,61)(H,62,68)(H,63,69)/t32?,33?,34-,39?,46?,47-,49-,50-/m0/s1. The van der Waals surface area contributed by atoms with Gasteiger partial charge in [0.2, 0.25) is 11.8 Å². The molecule has 5 aromatic rings. The fraction of sp³-hybridized carbons (Fsp3) is 0.509. The third-order valence-electron chi connectivity index (χ3n) is 17.0. The van der Waals surface area contributed by atoms with Gasteiger partial charge >= 0.3 is 12.2 Å². The maximum atomic E-state index is 14.1. The quantitative estimate of drug-likeness (QED) is 0.0756. The number of nitrogens with one attached hydrogen (secondary N) is 4. The Bertz CT molecular complexity index is 2770. The van der Waals surface area contributed by atoms with Crippen LogP contribution >= 0.6 is 0 Å². The summed E-state index contributed by atoms with van der Waals surface area (Å²) in [5.41, 5.74) is 12.1. The van der Waals surface area contributed by atoms with Gasteiger partial charge in [-0.1, -0.05) is 114 Å². The Morgan fingerprint density at radius 3 is 1.92 bits per heavy atom. The van der Waals surface area contributed by atoms with E-state index in [9.17, 15) is 19.2 Å². The van der Waals surface area contributed by atoms with Gasteiger partial charge in [-0.15, -0.1) is 0 Å². The second-order valence-electron chi connectivity index (χ2n) is 21.2. The Morgan fingerprint density at radius 1 is 0.732 bits per heavy atom. The molecule has 0 bridgehead atoms. The van der Waals surface area contributed by atoms with E-state index in [2.05, 4.69) is 81.3 Å². The molecule has 1 saturated heterocycles. The van der Waals surface area contributed by atoms with Crippen molar-refractivity contribution < 1.29 is 28.7 Å². The normalized spacial score (nSPS) is 21.7. The van der Waals surface area contributed by atoms with E-state index in [0.29, 0.717) is 11.7 Å². The van der Waals surface area contributed by atoms with Crippen molar-refractivity contribution in [2.24, 2.45) is 17.8 Å². The Labute approximate surface area is 417 Å². The van der Waals surface area contributed by atoms with E-state index in [1.165, 1.54) is 79.7 Å². The first-order chi connectivity index (χ1) is 34.4. The first-order valence-electron chi connectivity index (χ1n) is 26.2. The van der Waals surface area contributed by atoms with Crippen LogP contribution in [0.4, 0.5) is 9.59 Å². The highest BCUT2D eigenvalue weighted by Gasteiger charge is 2.56. The van der Waals surface area contributed by atoms with Gasteiger partial charge in [0.25, 0.3) is 0 Å². The number of amides is 4.